The normalized spacial score (nSPS) is 11.3. The smallest absolute Gasteiger partial charge is 0.279 e. The van der Waals surface area contributed by atoms with Gasteiger partial charge in [-0.15, -0.1) is 0 Å². The Balaban J connectivity index is 2.30. The van der Waals surface area contributed by atoms with Gasteiger partial charge in [-0.1, -0.05) is 29.3 Å². The van der Waals surface area contributed by atoms with Gasteiger partial charge in [0, 0.05) is 11.2 Å². The Hall–Kier alpha value is -1.34. The molecule has 8 heteroatoms. The Morgan fingerprint density at radius 2 is 1.95 bits per heavy atom. The zero-order valence-corrected chi connectivity index (χ0v) is 12.4. The highest BCUT2D eigenvalue weighted by molar-refractivity contribution is 7.92. The average Bonchev–Trinajstić information content (AvgIpc) is 2.42. The largest absolute Gasteiger partial charge is 0.392 e. The molecule has 0 saturated heterocycles. The highest BCUT2D eigenvalue weighted by Crippen LogP contribution is 2.27. The second kappa shape index (κ2) is 5.97. The first-order chi connectivity index (χ1) is 9.42. The number of sulfonamides is 1. The van der Waals surface area contributed by atoms with Gasteiger partial charge in [0.25, 0.3) is 10.0 Å². The van der Waals surface area contributed by atoms with Gasteiger partial charge in [-0.3, -0.25) is 4.72 Å². The summed E-state index contributed by atoms with van der Waals surface area (Å²) in [6.07, 6.45) is 1.29. The van der Waals surface area contributed by atoms with E-state index in [1.54, 1.807) is 0 Å². The Labute approximate surface area is 126 Å². The van der Waals surface area contributed by atoms with Gasteiger partial charge < -0.3 is 5.11 Å². The predicted molar refractivity (Wildman–Crippen MR) is 77.4 cm³/mol. The minimum absolute atomic E-state index is 0.166. The Morgan fingerprint density at radius 1 is 1.20 bits per heavy atom. The maximum Gasteiger partial charge on any atom is 0.279 e. The van der Waals surface area contributed by atoms with Crippen LogP contribution in [-0.4, -0.2) is 18.5 Å². The summed E-state index contributed by atoms with van der Waals surface area (Å²) in [5, 5.41) is 9.32. The molecule has 0 aliphatic rings. The quantitative estimate of drug-likeness (QED) is 0.902. The average molecular weight is 333 g/mol. The molecule has 1 aromatic heterocycles. The maximum atomic E-state index is 12.1. The molecule has 0 fully saturated rings. The molecule has 0 amide bonds. The van der Waals surface area contributed by atoms with Crippen LogP contribution in [-0.2, 0) is 16.6 Å². The number of aliphatic hydroxyl groups excluding tert-OH is 1. The van der Waals surface area contributed by atoms with E-state index in [4.69, 9.17) is 28.3 Å². The number of nitrogens with zero attached hydrogens (tertiary/aromatic N) is 1. The molecular weight excluding hydrogens is 323 g/mol. The number of hydrogen-bond acceptors (Lipinski definition) is 4. The first kappa shape index (κ1) is 15.1. The van der Waals surface area contributed by atoms with Crippen LogP contribution in [0.25, 0.3) is 0 Å². The van der Waals surface area contributed by atoms with Crippen LogP contribution in [0.3, 0.4) is 0 Å². The summed E-state index contributed by atoms with van der Waals surface area (Å²) in [6.45, 7) is -0.205. The van der Waals surface area contributed by atoms with Crippen molar-refractivity contribution >= 4 is 38.9 Å². The highest BCUT2D eigenvalue weighted by atomic mass is 35.5. The molecule has 20 heavy (non-hydrogen) atoms. The molecule has 0 saturated carbocycles. The van der Waals surface area contributed by atoms with E-state index in [9.17, 15) is 8.42 Å². The van der Waals surface area contributed by atoms with Crippen LogP contribution >= 0.6 is 23.2 Å². The molecule has 106 valence electrons. The van der Waals surface area contributed by atoms with E-state index in [0.29, 0.717) is 10.6 Å². The first-order valence-electron chi connectivity index (χ1n) is 5.46. The monoisotopic (exact) mass is 332 g/mol. The van der Waals surface area contributed by atoms with E-state index in [1.807, 2.05) is 0 Å². The van der Waals surface area contributed by atoms with E-state index in [0.717, 1.165) is 0 Å². The number of nitrogens with one attached hydrogen (secondary N) is 1. The van der Waals surface area contributed by atoms with E-state index >= 15 is 0 Å². The Bertz CT molecular complexity index is 718. The third-order valence-electron chi connectivity index (χ3n) is 2.43. The van der Waals surface area contributed by atoms with Gasteiger partial charge in [0.05, 0.1) is 17.3 Å². The maximum absolute atomic E-state index is 12.1. The second-order valence-electron chi connectivity index (χ2n) is 3.89. The van der Waals surface area contributed by atoms with Crippen molar-refractivity contribution in [2.75, 3.05) is 4.72 Å². The van der Waals surface area contributed by atoms with E-state index in [1.165, 1.54) is 36.5 Å². The molecule has 2 rings (SSSR count). The van der Waals surface area contributed by atoms with E-state index < -0.39 is 10.0 Å². The number of halogens is 2. The third kappa shape index (κ3) is 3.40. The zero-order valence-electron chi connectivity index (χ0n) is 10.0. The van der Waals surface area contributed by atoms with Crippen LogP contribution in [0.1, 0.15) is 5.56 Å². The lowest BCUT2D eigenvalue weighted by molar-refractivity contribution is 0.281. The molecular formula is C12H10Cl2N2O3S. The van der Waals surface area contributed by atoms with E-state index in [-0.39, 0.29) is 22.3 Å². The fourth-order valence-electron chi connectivity index (χ4n) is 1.43. The van der Waals surface area contributed by atoms with Crippen LogP contribution in [0.5, 0.6) is 0 Å². The number of pyridine rings is 1. The van der Waals surface area contributed by atoms with Crippen molar-refractivity contribution in [3.05, 3.63) is 52.1 Å². The van der Waals surface area contributed by atoms with Crippen LogP contribution in [0, 0.1) is 0 Å². The Morgan fingerprint density at radius 3 is 2.50 bits per heavy atom. The standard InChI is InChI=1S/C12H10Cl2N2O3S/c13-9-2-3-11(10(14)5-9)16-20(18,19)12-4-1-8(7-17)6-15-12/h1-6,16-17H,7H2. The molecule has 0 bridgehead atoms. The van der Waals surface area contributed by atoms with Crippen molar-refractivity contribution in [1.29, 1.82) is 0 Å². The summed E-state index contributed by atoms with van der Waals surface area (Å²) >= 11 is 11.6. The zero-order chi connectivity index (χ0) is 14.8. The number of benzene rings is 1. The molecule has 0 radical (unpaired) electrons. The van der Waals surface area contributed by atoms with Gasteiger partial charge in [0.1, 0.15) is 0 Å². The second-order valence-corrected chi connectivity index (χ2v) is 6.37. The molecule has 0 spiro atoms. The summed E-state index contributed by atoms with van der Waals surface area (Å²) < 4.78 is 26.5. The summed E-state index contributed by atoms with van der Waals surface area (Å²) in [6, 6.07) is 7.20. The molecule has 0 atom stereocenters. The minimum atomic E-state index is -3.84. The van der Waals surface area contributed by atoms with Gasteiger partial charge >= 0.3 is 0 Å². The van der Waals surface area contributed by atoms with Crippen LogP contribution in [0.15, 0.2) is 41.6 Å². The van der Waals surface area contributed by atoms with Gasteiger partial charge in [0.2, 0.25) is 0 Å². The van der Waals surface area contributed by atoms with E-state index in [2.05, 4.69) is 9.71 Å². The topological polar surface area (TPSA) is 79.3 Å². The summed E-state index contributed by atoms with van der Waals surface area (Å²) in [5.41, 5.74) is 0.734. The number of hydrogen-bond donors (Lipinski definition) is 2. The fourth-order valence-corrected chi connectivity index (χ4v) is 2.96. The third-order valence-corrected chi connectivity index (χ3v) is 4.26. The van der Waals surface area contributed by atoms with Crippen LogP contribution < -0.4 is 4.72 Å². The van der Waals surface area contributed by atoms with Gasteiger partial charge in [-0.2, -0.15) is 8.42 Å². The lowest BCUT2D eigenvalue weighted by Crippen LogP contribution is -2.14. The van der Waals surface area contributed by atoms with Crippen molar-refractivity contribution < 1.29 is 13.5 Å². The van der Waals surface area contributed by atoms with Crippen LogP contribution in [0.4, 0.5) is 5.69 Å². The van der Waals surface area contributed by atoms with Crippen LogP contribution in [0.2, 0.25) is 10.0 Å². The predicted octanol–water partition coefficient (Wildman–Crippen LogP) is 2.68. The number of anilines is 1. The number of aliphatic hydroxyl groups is 1. The number of aromatic nitrogens is 1. The molecule has 0 unspecified atom stereocenters. The highest BCUT2D eigenvalue weighted by Gasteiger charge is 2.17. The SMILES string of the molecule is O=S(=O)(Nc1ccc(Cl)cc1Cl)c1ccc(CO)cn1. The molecule has 0 aliphatic carbocycles. The molecule has 5 nitrogen and oxygen atoms in total. The molecule has 2 aromatic rings. The van der Waals surface area contributed by atoms with Gasteiger partial charge in [-0.05, 0) is 29.8 Å². The molecule has 2 N–H and O–H groups in total. The van der Waals surface area contributed by atoms with Gasteiger partial charge in [0.15, 0.2) is 5.03 Å². The molecule has 0 aliphatic heterocycles. The summed E-state index contributed by atoms with van der Waals surface area (Å²) in [7, 11) is -3.84. The lowest BCUT2D eigenvalue weighted by atomic mass is 10.3. The van der Waals surface area contributed by atoms with Crippen molar-refractivity contribution in [2.24, 2.45) is 0 Å². The van der Waals surface area contributed by atoms with Crippen molar-refractivity contribution in [3.8, 4) is 0 Å². The molecule has 1 heterocycles. The Kier molecular flexibility index (Phi) is 4.49. The van der Waals surface area contributed by atoms with Crippen molar-refractivity contribution in [3.63, 3.8) is 0 Å². The fraction of sp³-hybridized carbons (Fsp3) is 0.0833. The number of rotatable bonds is 4. The van der Waals surface area contributed by atoms with Gasteiger partial charge in [-0.25, -0.2) is 4.98 Å². The first-order valence-corrected chi connectivity index (χ1v) is 7.70. The molecule has 1 aromatic carbocycles. The minimum Gasteiger partial charge on any atom is -0.392 e. The van der Waals surface area contributed by atoms with Crippen molar-refractivity contribution in [2.45, 2.75) is 11.6 Å². The lowest BCUT2D eigenvalue weighted by Gasteiger charge is -2.09. The summed E-state index contributed by atoms with van der Waals surface area (Å²) in [4.78, 5) is 3.78. The van der Waals surface area contributed by atoms with Crippen molar-refractivity contribution in [1.82, 2.24) is 4.98 Å². The summed E-state index contributed by atoms with van der Waals surface area (Å²) in [5.74, 6) is 0.